The summed E-state index contributed by atoms with van der Waals surface area (Å²) in [5.41, 5.74) is 0. The third kappa shape index (κ3) is 1.92. The van der Waals surface area contributed by atoms with Crippen molar-refractivity contribution in [1.29, 1.82) is 0 Å². The zero-order chi connectivity index (χ0) is 7.68. The number of aliphatic hydroxyl groups is 1. The predicted octanol–water partition coefficient (Wildman–Crippen LogP) is 0.520. The van der Waals surface area contributed by atoms with E-state index in [1.807, 2.05) is 0 Å². The molecule has 1 saturated carbocycles. The molecule has 2 rings (SSSR count). The fourth-order valence-corrected chi connectivity index (χ4v) is 1.41. The summed E-state index contributed by atoms with van der Waals surface area (Å²) in [5.74, 6) is 0.530. The van der Waals surface area contributed by atoms with Crippen molar-refractivity contribution in [3.63, 3.8) is 0 Å². The minimum absolute atomic E-state index is 0.134. The largest absolute Gasteiger partial charge is 0.393 e. The van der Waals surface area contributed by atoms with E-state index in [-0.39, 0.29) is 12.4 Å². The van der Waals surface area contributed by atoms with Gasteiger partial charge in [-0.1, -0.05) is 0 Å². The van der Waals surface area contributed by atoms with Gasteiger partial charge in [-0.15, -0.1) is 0 Å². The Hall–Kier alpha value is -0.120. The van der Waals surface area contributed by atoms with E-state index in [0.717, 1.165) is 0 Å². The maximum atomic E-state index is 9.49. The highest BCUT2D eigenvalue weighted by molar-refractivity contribution is 4.81. The second-order valence-corrected chi connectivity index (χ2v) is 3.31. The summed E-state index contributed by atoms with van der Waals surface area (Å²) in [5, 5.41) is 9.49. The molecule has 3 heteroatoms. The first kappa shape index (κ1) is 7.53. The summed E-state index contributed by atoms with van der Waals surface area (Å²) in [6, 6.07) is 0. The minimum Gasteiger partial charge on any atom is -0.393 e. The third-order valence-electron chi connectivity index (χ3n) is 2.29. The lowest BCUT2D eigenvalue weighted by atomic mass is 10.1. The molecule has 1 aliphatic carbocycles. The monoisotopic (exact) mass is 158 g/mol. The number of aliphatic hydroxyl groups excluding tert-OH is 1. The Labute approximate surface area is 66.3 Å². The van der Waals surface area contributed by atoms with Crippen molar-refractivity contribution in [2.45, 2.75) is 31.7 Å². The fourth-order valence-electron chi connectivity index (χ4n) is 1.41. The first-order valence-corrected chi connectivity index (χ1v) is 4.27. The Morgan fingerprint density at radius 3 is 2.45 bits per heavy atom. The van der Waals surface area contributed by atoms with Gasteiger partial charge in [-0.2, -0.15) is 0 Å². The SMILES string of the molecule is OC(CC1OCCO1)C1CC1. The minimum atomic E-state index is -0.196. The molecule has 1 saturated heterocycles. The predicted molar refractivity (Wildman–Crippen MR) is 39.0 cm³/mol. The van der Waals surface area contributed by atoms with Crippen LogP contribution in [0.4, 0.5) is 0 Å². The second-order valence-electron chi connectivity index (χ2n) is 3.31. The first-order valence-electron chi connectivity index (χ1n) is 4.27. The molecule has 0 spiro atoms. The van der Waals surface area contributed by atoms with Crippen molar-refractivity contribution in [3.8, 4) is 0 Å². The molecule has 0 aromatic carbocycles. The summed E-state index contributed by atoms with van der Waals surface area (Å²) in [4.78, 5) is 0. The van der Waals surface area contributed by atoms with Gasteiger partial charge in [0.05, 0.1) is 19.3 Å². The van der Waals surface area contributed by atoms with Crippen molar-refractivity contribution >= 4 is 0 Å². The third-order valence-corrected chi connectivity index (χ3v) is 2.29. The number of hydrogen-bond donors (Lipinski definition) is 1. The Morgan fingerprint density at radius 1 is 1.27 bits per heavy atom. The fraction of sp³-hybridized carbons (Fsp3) is 1.00. The van der Waals surface area contributed by atoms with E-state index in [9.17, 15) is 5.11 Å². The average Bonchev–Trinajstić information content (AvgIpc) is 2.73. The molecule has 64 valence electrons. The number of rotatable bonds is 3. The summed E-state index contributed by atoms with van der Waals surface area (Å²) in [7, 11) is 0. The van der Waals surface area contributed by atoms with Gasteiger partial charge < -0.3 is 14.6 Å². The van der Waals surface area contributed by atoms with Gasteiger partial charge in [0.2, 0.25) is 0 Å². The highest BCUT2D eigenvalue weighted by Gasteiger charge is 2.32. The standard InChI is InChI=1S/C8H14O3/c9-7(6-1-2-6)5-8-10-3-4-11-8/h6-9H,1-5H2. The van der Waals surface area contributed by atoms with Crippen LogP contribution < -0.4 is 0 Å². The Kier molecular flexibility index (Phi) is 2.11. The van der Waals surface area contributed by atoms with Crippen LogP contribution in [0.2, 0.25) is 0 Å². The van der Waals surface area contributed by atoms with Gasteiger partial charge in [-0.05, 0) is 18.8 Å². The van der Waals surface area contributed by atoms with Gasteiger partial charge in [0.1, 0.15) is 0 Å². The van der Waals surface area contributed by atoms with Crippen molar-refractivity contribution in [2.75, 3.05) is 13.2 Å². The topological polar surface area (TPSA) is 38.7 Å². The van der Waals surface area contributed by atoms with Crippen molar-refractivity contribution < 1.29 is 14.6 Å². The molecule has 1 N–H and O–H groups in total. The molecule has 0 bridgehead atoms. The molecular formula is C8H14O3. The molecule has 0 amide bonds. The van der Waals surface area contributed by atoms with E-state index in [2.05, 4.69) is 0 Å². The molecule has 0 aromatic rings. The van der Waals surface area contributed by atoms with Crippen LogP contribution in [0.1, 0.15) is 19.3 Å². The summed E-state index contributed by atoms with van der Waals surface area (Å²) in [6.45, 7) is 1.37. The molecule has 1 unspecified atom stereocenters. The lowest BCUT2D eigenvalue weighted by molar-refractivity contribution is -0.0732. The van der Waals surface area contributed by atoms with Crippen LogP contribution in [0, 0.1) is 5.92 Å². The molecule has 0 radical (unpaired) electrons. The van der Waals surface area contributed by atoms with Gasteiger partial charge >= 0.3 is 0 Å². The van der Waals surface area contributed by atoms with Crippen LogP contribution in [0.5, 0.6) is 0 Å². The zero-order valence-electron chi connectivity index (χ0n) is 6.53. The summed E-state index contributed by atoms with van der Waals surface area (Å²) < 4.78 is 10.4. The van der Waals surface area contributed by atoms with E-state index in [1.54, 1.807) is 0 Å². The molecule has 11 heavy (non-hydrogen) atoms. The van der Waals surface area contributed by atoms with Gasteiger partial charge in [0.15, 0.2) is 6.29 Å². The lowest BCUT2D eigenvalue weighted by Crippen LogP contribution is -2.19. The van der Waals surface area contributed by atoms with Crippen molar-refractivity contribution in [3.05, 3.63) is 0 Å². The maximum Gasteiger partial charge on any atom is 0.160 e. The van der Waals surface area contributed by atoms with Crippen LogP contribution in [0.3, 0.4) is 0 Å². The molecule has 3 nitrogen and oxygen atoms in total. The van der Waals surface area contributed by atoms with E-state index in [1.165, 1.54) is 12.8 Å². The highest BCUT2D eigenvalue weighted by atomic mass is 16.7. The molecular weight excluding hydrogens is 144 g/mol. The Balaban J connectivity index is 1.70. The summed E-state index contributed by atoms with van der Waals surface area (Å²) >= 11 is 0. The molecule has 1 atom stereocenters. The normalized spacial score (nSPS) is 29.2. The van der Waals surface area contributed by atoms with Crippen molar-refractivity contribution in [1.82, 2.24) is 0 Å². The molecule has 2 aliphatic rings. The van der Waals surface area contributed by atoms with E-state index < -0.39 is 0 Å². The molecule has 1 aliphatic heterocycles. The Bertz CT molecular complexity index is 127. The molecule has 2 fully saturated rings. The van der Waals surface area contributed by atoms with Crippen LogP contribution in [0.15, 0.2) is 0 Å². The second kappa shape index (κ2) is 3.09. The van der Waals surface area contributed by atoms with E-state index in [0.29, 0.717) is 25.6 Å². The number of hydrogen-bond acceptors (Lipinski definition) is 3. The van der Waals surface area contributed by atoms with Crippen LogP contribution in [-0.4, -0.2) is 30.7 Å². The highest BCUT2D eigenvalue weighted by Crippen LogP contribution is 2.34. The summed E-state index contributed by atoms with van der Waals surface area (Å²) in [6.07, 6.45) is 2.68. The maximum absolute atomic E-state index is 9.49. The van der Waals surface area contributed by atoms with Gasteiger partial charge in [0, 0.05) is 6.42 Å². The van der Waals surface area contributed by atoms with Crippen LogP contribution in [0.25, 0.3) is 0 Å². The molecule has 0 aromatic heterocycles. The smallest absolute Gasteiger partial charge is 0.160 e. The quantitative estimate of drug-likeness (QED) is 0.650. The van der Waals surface area contributed by atoms with Crippen molar-refractivity contribution in [2.24, 2.45) is 5.92 Å². The molecule has 1 heterocycles. The number of ether oxygens (including phenoxy) is 2. The average molecular weight is 158 g/mol. The first-order chi connectivity index (χ1) is 5.36. The lowest BCUT2D eigenvalue weighted by Gasteiger charge is -2.13. The van der Waals surface area contributed by atoms with Gasteiger partial charge in [-0.3, -0.25) is 0 Å². The zero-order valence-corrected chi connectivity index (χ0v) is 6.53. The Morgan fingerprint density at radius 2 is 1.91 bits per heavy atom. The van der Waals surface area contributed by atoms with Gasteiger partial charge in [-0.25, -0.2) is 0 Å². The van der Waals surface area contributed by atoms with Crippen LogP contribution in [-0.2, 0) is 9.47 Å². The van der Waals surface area contributed by atoms with E-state index in [4.69, 9.17) is 9.47 Å². The van der Waals surface area contributed by atoms with E-state index >= 15 is 0 Å². The van der Waals surface area contributed by atoms with Gasteiger partial charge in [0.25, 0.3) is 0 Å². The van der Waals surface area contributed by atoms with Crippen LogP contribution >= 0.6 is 0 Å².